The highest BCUT2D eigenvalue weighted by Gasteiger charge is 2.24. The van der Waals surface area contributed by atoms with E-state index in [0.29, 0.717) is 12.5 Å². The van der Waals surface area contributed by atoms with Crippen LogP contribution in [-0.4, -0.2) is 10.8 Å². The number of hydrogen-bond donors (Lipinski definition) is 1. The van der Waals surface area contributed by atoms with Crippen molar-refractivity contribution in [2.24, 2.45) is 16.6 Å². The van der Waals surface area contributed by atoms with E-state index in [-0.39, 0.29) is 0 Å². The van der Waals surface area contributed by atoms with E-state index >= 15 is 0 Å². The van der Waals surface area contributed by atoms with Crippen molar-refractivity contribution in [1.82, 2.24) is 4.98 Å². The Hall–Kier alpha value is -1.38. The van der Waals surface area contributed by atoms with Crippen LogP contribution in [0.25, 0.3) is 0 Å². The average Bonchev–Trinajstić information content (AvgIpc) is 2.99. The van der Waals surface area contributed by atoms with Crippen LogP contribution in [-0.2, 0) is 6.54 Å². The molecule has 0 aliphatic heterocycles. The Morgan fingerprint density at radius 2 is 2.15 bits per heavy atom. The molecule has 0 radical (unpaired) electrons. The van der Waals surface area contributed by atoms with Crippen LogP contribution in [0.5, 0.6) is 0 Å². The first-order valence-electron chi connectivity index (χ1n) is 4.55. The number of nitrogens with zero attached hydrogens (tertiary/aromatic N) is 2. The molecule has 1 fully saturated rings. The molecule has 3 nitrogen and oxygen atoms in total. The van der Waals surface area contributed by atoms with Crippen LogP contribution in [0, 0.1) is 5.92 Å². The quantitative estimate of drug-likeness (QED) is 0.557. The molecule has 1 aliphatic rings. The van der Waals surface area contributed by atoms with Crippen LogP contribution in [0.2, 0.25) is 0 Å². The minimum Gasteiger partial charge on any atom is -0.387 e. The zero-order valence-corrected chi connectivity index (χ0v) is 7.48. The largest absolute Gasteiger partial charge is 0.387 e. The summed E-state index contributed by atoms with van der Waals surface area (Å²) in [6.45, 7) is 0.685. The summed E-state index contributed by atoms with van der Waals surface area (Å²) in [6, 6.07) is 3.92. The van der Waals surface area contributed by atoms with Crippen molar-refractivity contribution in [2.45, 2.75) is 19.4 Å². The zero-order chi connectivity index (χ0) is 9.10. The molecule has 68 valence electrons. The first kappa shape index (κ1) is 8.23. The van der Waals surface area contributed by atoms with Crippen molar-refractivity contribution in [2.75, 3.05) is 0 Å². The minimum atomic E-state index is 0.571. The van der Waals surface area contributed by atoms with Gasteiger partial charge in [0.25, 0.3) is 0 Å². The molecule has 1 aromatic rings. The van der Waals surface area contributed by atoms with Gasteiger partial charge in [0.05, 0.1) is 12.4 Å². The Bertz CT molecular complexity index is 301. The molecule has 0 amide bonds. The second-order valence-electron chi connectivity index (χ2n) is 3.37. The Morgan fingerprint density at radius 1 is 1.46 bits per heavy atom. The van der Waals surface area contributed by atoms with Crippen molar-refractivity contribution >= 4 is 5.84 Å². The molecule has 2 rings (SSSR count). The molecule has 2 N–H and O–H groups in total. The van der Waals surface area contributed by atoms with Gasteiger partial charge in [-0.3, -0.25) is 9.98 Å². The van der Waals surface area contributed by atoms with Crippen LogP contribution in [0.1, 0.15) is 18.4 Å². The molecule has 0 spiro atoms. The Balaban J connectivity index is 1.95. The van der Waals surface area contributed by atoms with Gasteiger partial charge in [0.2, 0.25) is 0 Å². The lowest BCUT2D eigenvalue weighted by Crippen LogP contribution is -2.14. The number of nitrogens with two attached hydrogens (primary N) is 1. The molecule has 13 heavy (non-hydrogen) atoms. The maximum atomic E-state index is 5.76. The molecule has 3 heteroatoms. The zero-order valence-electron chi connectivity index (χ0n) is 7.48. The van der Waals surface area contributed by atoms with Crippen LogP contribution in [0.15, 0.2) is 29.5 Å². The van der Waals surface area contributed by atoms with E-state index in [4.69, 9.17) is 5.73 Å². The summed E-state index contributed by atoms with van der Waals surface area (Å²) in [6.07, 6.45) is 5.98. The highest BCUT2D eigenvalue weighted by atomic mass is 14.9. The molecule has 1 heterocycles. The SMILES string of the molecule is NC(=NCc1ccncc1)C1CC1. The maximum absolute atomic E-state index is 5.76. The second-order valence-corrected chi connectivity index (χ2v) is 3.37. The first-order chi connectivity index (χ1) is 6.36. The number of aromatic nitrogens is 1. The van der Waals surface area contributed by atoms with E-state index in [0.717, 1.165) is 5.84 Å². The third-order valence-corrected chi connectivity index (χ3v) is 2.19. The van der Waals surface area contributed by atoms with E-state index in [9.17, 15) is 0 Å². The van der Waals surface area contributed by atoms with E-state index < -0.39 is 0 Å². The molecular weight excluding hydrogens is 162 g/mol. The van der Waals surface area contributed by atoms with Crippen LogP contribution in [0.3, 0.4) is 0 Å². The van der Waals surface area contributed by atoms with Gasteiger partial charge in [0.15, 0.2) is 0 Å². The Labute approximate surface area is 77.7 Å². The fraction of sp³-hybridized carbons (Fsp3) is 0.400. The number of amidine groups is 1. The van der Waals surface area contributed by atoms with Gasteiger partial charge in [-0.05, 0) is 30.5 Å². The Kier molecular flexibility index (Phi) is 2.25. The van der Waals surface area contributed by atoms with Crippen molar-refractivity contribution in [3.8, 4) is 0 Å². The van der Waals surface area contributed by atoms with Crippen LogP contribution < -0.4 is 5.73 Å². The van der Waals surface area contributed by atoms with Gasteiger partial charge in [-0.15, -0.1) is 0 Å². The minimum absolute atomic E-state index is 0.571. The van der Waals surface area contributed by atoms with E-state index in [2.05, 4.69) is 9.98 Å². The number of aliphatic imine (C=N–C) groups is 1. The summed E-state index contributed by atoms with van der Waals surface area (Å²) in [5, 5.41) is 0. The van der Waals surface area contributed by atoms with E-state index in [1.54, 1.807) is 12.4 Å². The summed E-state index contributed by atoms with van der Waals surface area (Å²) in [5.74, 6) is 1.39. The predicted molar refractivity (Wildman–Crippen MR) is 52.3 cm³/mol. The fourth-order valence-electron chi connectivity index (χ4n) is 1.18. The molecule has 0 bridgehead atoms. The molecule has 1 saturated carbocycles. The van der Waals surface area contributed by atoms with Crippen molar-refractivity contribution in [3.63, 3.8) is 0 Å². The summed E-state index contributed by atoms with van der Waals surface area (Å²) >= 11 is 0. The first-order valence-corrected chi connectivity index (χ1v) is 4.55. The second kappa shape index (κ2) is 3.56. The third-order valence-electron chi connectivity index (χ3n) is 2.19. The van der Waals surface area contributed by atoms with Gasteiger partial charge >= 0.3 is 0 Å². The van der Waals surface area contributed by atoms with Gasteiger partial charge in [-0.2, -0.15) is 0 Å². The molecule has 1 aromatic heterocycles. The highest BCUT2D eigenvalue weighted by molar-refractivity contribution is 5.84. The fourth-order valence-corrected chi connectivity index (χ4v) is 1.18. The van der Waals surface area contributed by atoms with Crippen LogP contribution in [0.4, 0.5) is 0 Å². The monoisotopic (exact) mass is 175 g/mol. The summed E-state index contributed by atoms with van der Waals surface area (Å²) in [7, 11) is 0. The molecular formula is C10H13N3. The van der Waals surface area contributed by atoms with E-state index in [1.165, 1.54) is 18.4 Å². The number of hydrogen-bond acceptors (Lipinski definition) is 2. The predicted octanol–water partition coefficient (Wildman–Crippen LogP) is 1.35. The van der Waals surface area contributed by atoms with E-state index in [1.807, 2.05) is 12.1 Å². The highest BCUT2D eigenvalue weighted by Crippen LogP contribution is 2.28. The lowest BCUT2D eigenvalue weighted by Gasteiger charge is -1.97. The average molecular weight is 175 g/mol. The smallest absolute Gasteiger partial charge is 0.0972 e. The standard InChI is InChI=1S/C10H13N3/c11-10(9-1-2-9)13-7-8-3-5-12-6-4-8/h3-6,9H,1-2,7H2,(H2,11,13). The van der Waals surface area contributed by atoms with Gasteiger partial charge in [-0.25, -0.2) is 0 Å². The molecule has 0 aromatic carbocycles. The lowest BCUT2D eigenvalue weighted by molar-refractivity contribution is 1.01. The van der Waals surface area contributed by atoms with Gasteiger partial charge < -0.3 is 5.73 Å². The molecule has 0 saturated heterocycles. The number of rotatable bonds is 3. The molecule has 0 atom stereocenters. The van der Waals surface area contributed by atoms with Gasteiger partial charge in [0, 0.05) is 18.3 Å². The van der Waals surface area contributed by atoms with Crippen molar-refractivity contribution in [3.05, 3.63) is 30.1 Å². The third kappa shape index (κ3) is 2.28. The molecule has 1 aliphatic carbocycles. The summed E-state index contributed by atoms with van der Waals surface area (Å²) < 4.78 is 0. The van der Waals surface area contributed by atoms with Crippen molar-refractivity contribution in [1.29, 1.82) is 0 Å². The Morgan fingerprint density at radius 3 is 2.77 bits per heavy atom. The maximum Gasteiger partial charge on any atom is 0.0972 e. The molecule has 0 unspecified atom stereocenters. The summed E-state index contributed by atoms with van der Waals surface area (Å²) in [4.78, 5) is 8.26. The van der Waals surface area contributed by atoms with Gasteiger partial charge in [-0.1, -0.05) is 0 Å². The normalized spacial score (nSPS) is 17.4. The van der Waals surface area contributed by atoms with Gasteiger partial charge in [0.1, 0.15) is 0 Å². The van der Waals surface area contributed by atoms with Crippen molar-refractivity contribution < 1.29 is 0 Å². The number of pyridine rings is 1. The topological polar surface area (TPSA) is 51.3 Å². The van der Waals surface area contributed by atoms with Crippen LogP contribution >= 0.6 is 0 Å². The summed E-state index contributed by atoms with van der Waals surface area (Å²) in [5.41, 5.74) is 6.93. The lowest BCUT2D eigenvalue weighted by atomic mass is 10.3.